The molecule has 0 aliphatic carbocycles. The molecule has 4 aromatic carbocycles. The highest BCUT2D eigenvalue weighted by Gasteiger charge is 2.26. The summed E-state index contributed by atoms with van der Waals surface area (Å²) in [6, 6.07) is 25.7. The summed E-state index contributed by atoms with van der Waals surface area (Å²) in [4.78, 5) is 14.6. The summed E-state index contributed by atoms with van der Waals surface area (Å²) in [7, 11) is 0. The third-order valence-corrected chi connectivity index (χ3v) is 7.80. The van der Waals surface area contributed by atoms with E-state index in [1.165, 1.54) is 12.1 Å². The fourth-order valence-electron chi connectivity index (χ4n) is 5.45. The Morgan fingerprint density at radius 3 is 2.38 bits per heavy atom. The van der Waals surface area contributed by atoms with Crippen LogP contribution in [0.1, 0.15) is 50.3 Å². The second kappa shape index (κ2) is 13.3. The summed E-state index contributed by atoms with van der Waals surface area (Å²) in [6.07, 6.45) is 1.01. The number of amides is 1. The molecule has 45 heavy (non-hydrogen) atoms. The molecule has 7 nitrogen and oxygen atoms in total. The molecule has 0 radical (unpaired) electrons. The van der Waals surface area contributed by atoms with Gasteiger partial charge in [0.05, 0.1) is 5.56 Å². The number of aromatic hydroxyl groups is 1. The van der Waals surface area contributed by atoms with E-state index >= 15 is 4.39 Å². The molecule has 5 rings (SSSR count). The lowest BCUT2D eigenvalue weighted by molar-refractivity contribution is 0.0497. The molecule has 1 aliphatic heterocycles. The average molecular weight is 608 g/mol. The van der Waals surface area contributed by atoms with Crippen LogP contribution in [0.5, 0.6) is 11.5 Å². The number of hydrogen-bond donors (Lipinski definition) is 2. The lowest BCUT2D eigenvalue weighted by Gasteiger charge is -2.35. The molecular weight excluding hydrogens is 569 g/mol. The highest BCUT2D eigenvalue weighted by Crippen LogP contribution is 2.44. The van der Waals surface area contributed by atoms with Crippen molar-refractivity contribution in [2.75, 3.05) is 18.0 Å². The number of aryl methyl sites for hydroxylation is 1. The molecule has 232 valence electrons. The Balaban J connectivity index is 1.56. The molecule has 1 aliphatic rings. The maximum absolute atomic E-state index is 15.0. The fourth-order valence-corrected chi connectivity index (χ4v) is 5.45. The third kappa shape index (κ3) is 7.74. The SMILES string of the molecule is Cc1ccc(-c2c(OCc3ccccc3)cc(N3CCC(NC(=O)OC(C)(C)C)CC3)cc2-c2ccc(C#N)c(F)c2)cc1O. The van der Waals surface area contributed by atoms with E-state index in [4.69, 9.17) is 9.47 Å². The lowest BCUT2D eigenvalue weighted by Crippen LogP contribution is -2.46. The van der Waals surface area contributed by atoms with E-state index in [0.29, 0.717) is 60.5 Å². The number of halogens is 1. The molecule has 1 saturated heterocycles. The standard InChI is InChI=1S/C37H38FN3O4/c1-24-10-11-27(19-33(24)42)35-31(26-12-13-28(22-39)32(38)18-26)20-30(21-34(35)44-23-25-8-6-5-7-9-25)41-16-14-29(15-17-41)40-36(43)45-37(2,3)4/h5-13,18-21,29,42H,14-17,23H2,1-4H3,(H,40,43). The molecule has 0 aromatic heterocycles. The van der Waals surface area contributed by atoms with E-state index in [2.05, 4.69) is 10.2 Å². The van der Waals surface area contributed by atoms with Crippen LogP contribution in [0.2, 0.25) is 0 Å². The summed E-state index contributed by atoms with van der Waals surface area (Å²) < 4.78 is 27.0. The molecule has 1 heterocycles. The van der Waals surface area contributed by atoms with E-state index in [1.54, 1.807) is 12.1 Å². The molecule has 2 N–H and O–H groups in total. The lowest BCUT2D eigenvalue weighted by atomic mass is 9.91. The summed E-state index contributed by atoms with van der Waals surface area (Å²) in [5.74, 6) is 0.106. The van der Waals surface area contributed by atoms with Crippen LogP contribution < -0.4 is 15.0 Å². The minimum Gasteiger partial charge on any atom is -0.508 e. The fraction of sp³-hybridized carbons (Fsp3) is 0.297. The number of rotatable bonds is 7. The zero-order valence-electron chi connectivity index (χ0n) is 26.1. The van der Waals surface area contributed by atoms with Crippen LogP contribution in [0.3, 0.4) is 0 Å². The van der Waals surface area contributed by atoms with Crippen molar-refractivity contribution in [2.24, 2.45) is 0 Å². The van der Waals surface area contributed by atoms with Crippen molar-refractivity contribution in [2.45, 2.75) is 58.8 Å². The Morgan fingerprint density at radius 2 is 1.73 bits per heavy atom. The highest BCUT2D eigenvalue weighted by molar-refractivity contribution is 5.91. The molecule has 1 amide bonds. The minimum absolute atomic E-state index is 0.0215. The van der Waals surface area contributed by atoms with E-state index in [0.717, 1.165) is 16.8 Å². The van der Waals surface area contributed by atoms with E-state index in [-0.39, 0.29) is 17.4 Å². The Labute approximate surface area is 263 Å². The largest absolute Gasteiger partial charge is 0.508 e. The van der Waals surface area contributed by atoms with Gasteiger partial charge in [-0.1, -0.05) is 48.5 Å². The number of carbonyl (C=O) groups is 1. The number of piperidine rings is 1. The Morgan fingerprint density at radius 1 is 1.02 bits per heavy atom. The molecule has 1 fully saturated rings. The number of carbonyl (C=O) groups excluding carboxylic acids is 1. The second-order valence-electron chi connectivity index (χ2n) is 12.4. The van der Waals surface area contributed by atoms with Crippen molar-refractivity contribution in [1.82, 2.24) is 5.32 Å². The number of nitriles is 1. The topological polar surface area (TPSA) is 94.8 Å². The van der Waals surface area contributed by atoms with Crippen molar-refractivity contribution >= 4 is 11.8 Å². The highest BCUT2D eigenvalue weighted by atomic mass is 19.1. The minimum atomic E-state index is -0.612. The monoisotopic (exact) mass is 607 g/mol. The van der Waals surface area contributed by atoms with Gasteiger partial charge in [0.25, 0.3) is 0 Å². The van der Waals surface area contributed by atoms with Gasteiger partial charge in [-0.3, -0.25) is 0 Å². The quantitative estimate of drug-likeness (QED) is 0.220. The predicted molar refractivity (Wildman–Crippen MR) is 174 cm³/mol. The average Bonchev–Trinajstić information content (AvgIpc) is 3.01. The van der Waals surface area contributed by atoms with Crippen LogP contribution in [-0.2, 0) is 11.3 Å². The first-order valence-electron chi connectivity index (χ1n) is 15.1. The Bertz CT molecular complexity index is 1720. The molecule has 0 bridgehead atoms. The third-order valence-electron chi connectivity index (χ3n) is 7.80. The van der Waals surface area contributed by atoms with E-state index < -0.39 is 17.5 Å². The van der Waals surface area contributed by atoms with Crippen molar-refractivity contribution < 1.29 is 23.8 Å². The number of nitrogens with one attached hydrogen (secondary N) is 1. The first kappa shape index (κ1) is 31.4. The van der Waals surface area contributed by atoms with Gasteiger partial charge in [0.15, 0.2) is 0 Å². The molecule has 4 aromatic rings. The van der Waals surface area contributed by atoms with Crippen molar-refractivity contribution in [3.8, 4) is 39.8 Å². The van der Waals surface area contributed by atoms with Crippen LogP contribution in [0.15, 0.2) is 78.9 Å². The molecule has 8 heteroatoms. The van der Waals surface area contributed by atoms with Gasteiger partial charge >= 0.3 is 6.09 Å². The first-order valence-corrected chi connectivity index (χ1v) is 15.1. The molecule has 0 spiro atoms. The Kier molecular flexibility index (Phi) is 9.29. The number of ether oxygens (including phenoxy) is 2. The molecule has 0 atom stereocenters. The van der Waals surface area contributed by atoms with Gasteiger partial charge in [-0.05, 0) is 92.6 Å². The summed E-state index contributed by atoms with van der Waals surface area (Å²) in [5, 5.41) is 23.0. The first-order chi connectivity index (χ1) is 21.5. The molecular formula is C37H38FN3O4. The van der Waals surface area contributed by atoms with E-state index in [1.807, 2.05) is 88.4 Å². The number of nitrogens with zero attached hydrogens (tertiary/aromatic N) is 2. The number of hydrogen-bond acceptors (Lipinski definition) is 6. The summed E-state index contributed by atoms with van der Waals surface area (Å²) >= 11 is 0. The summed E-state index contributed by atoms with van der Waals surface area (Å²) in [5.41, 5.74) is 4.70. The van der Waals surface area contributed by atoms with Crippen molar-refractivity contribution in [1.29, 1.82) is 5.26 Å². The normalized spacial score (nSPS) is 13.6. The van der Waals surface area contributed by atoms with Gasteiger partial charge < -0.3 is 24.8 Å². The van der Waals surface area contributed by atoms with Gasteiger partial charge in [-0.25, -0.2) is 9.18 Å². The van der Waals surface area contributed by atoms with Gasteiger partial charge in [-0.2, -0.15) is 5.26 Å². The summed E-state index contributed by atoms with van der Waals surface area (Å²) in [6.45, 7) is 8.99. The van der Waals surface area contributed by atoms with Crippen LogP contribution in [0.25, 0.3) is 22.3 Å². The van der Waals surface area contributed by atoms with Gasteiger partial charge in [-0.15, -0.1) is 0 Å². The van der Waals surface area contributed by atoms with Crippen LogP contribution in [0.4, 0.5) is 14.9 Å². The second-order valence-corrected chi connectivity index (χ2v) is 12.4. The smallest absolute Gasteiger partial charge is 0.407 e. The zero-order valence-corrected chi connectivity index (χ0v) is 26.1. The van der Waals surface area contributed by atoms with Gasteiger partial charge in [0, 0.05) is 36.4 Å². The number of phenols is 1. The molecule has 0 unspecified atom stereocenters. The van der Waals surface area contributed by atoms with Crippen molar-refractivity contribution in [3.05, 3.63) is 101 Å². The zero-order chi connectivity index (χ0) is 32.1. The maximum Gasteiger partial charge on any atom is 0.407 e. The van der Waals surface area contributed by atoms with E-state index in [9.17, 15) is 15.2 Å². The number of alkyl carbamates (subject to hydrolysis) is 1. The van der Waals surface area contributed by atoms with Crippen LogP contribution in [-0.4, -0.2) is 35.9 Å². The van der Waals surface area contributed by atoms with Crippen LogP contribution in [0, 0.1) is 24.1 Å². The van der Waals surface area contributed by atoms with Crippen molar-refractivity contribution in [3.63, 3.8) is 0 Å². The van der Waals surface area contributed by atoms with Gasteiger partial charge in [0.1, 0.15) is 35.6 Å². The number of benzene rings is 4. The predicted octanol–water partition coefficient (Wildman–Crippen LogP) is 8.12. The maximum atomic E-state index is 15.0. The van der Waals surface area contributed by atoms with Crippen LogP contribution >= 0.6 is 0 Å². The molecule has 0 saturated carbocycles. The Hall–Kier alpha value is -5.03. The number of anilines is 1. The number of phenolic OH excluding ortho intramolecular Hbond substituents is 1. The van der Waals surface area contributed by atoms with Gasteiger partial charge in [0.2, 0.25) is 0 Å².